The molecular formula is C22H31N2O3+. The fourth-order valence-electron chi connectivity index (χ4n) is 4.58. The van der Waals surface area contributed by atoms with E-state index < -0.39 is 0 Å². The molecule has 2 fully saturated rings. The highest BCUT2D eigenvalue weighted by molar-refractivity contribution is 5.84. The Morgan fingerprint density at radius 3 is 2.63 bits per heavy atom. The van der Waals surface area contributed by atoms with Crippen LogP contribution in [0.3, 0.4) is 0 Å². The van der Waals surface area contributed by atoms with Crippen LogP contribution in [0.15, 0.2) is 29.8 Å². The predicted molar refractivity (Wildman–Crippen MR) is 104 cm³/mol. The Bertz CT molecular complexity index is 759. The molecule has 146 valence electrons. The predicted octanol–water partition coefficient (Wildman–Crippen LogP) is 1.88. The van der Waals surface area contributed by atoms with E-state index in [1.54, 1.807) is 0 Å². The Kier molecular flexibility index (Phi) is 4.66. The highest BCUT2D eigenvalue weighted by Gasteiger charge is 2.61. The molecule has 0 radical (unpaired) electrons. The summed E-state index contributed by atoms with van der Waals surface area (Å²) in [6, 6.07) is 6.20. The molecule has 0 spiro atoms. The zero-order valence-electron chi connectivity index (χ0n) is 16.9. The summed E-state index contributed by atoms with van der Waals surface area (Å²) in [5, 5.41) is 0. The van der Waals surface area contributed by atoms with Crippen molar-refractivity contribution in [3.05, 3.63) is 35.4 Å². The molecule has 1 saturated carbocycles. The molecule has 1 saturated heterocycles. The zero-order chi connectivity index (χ0) is 19.2. The smallest absolute Gasteiger partial charge is 0.231 e. The first-order chi connectivity index (χ1) is 12.9. The number of hydrogen-bond donors (Lipinski definition) is 1. The molecule has 4 rings (SSSR count). The maximum absolute atomic E-state index is 13.0. The van der Waals surface area contributed by atoms with E-state index >= 15 is 0 Å². The van der Waals surface area contributed by atoms with Crippen LogP contribution in [-0.4, -0.2) is 43.8 Å². The van der Waals surface area contributed by atoms with Gasteiger partial charge in [-0.15, -0.1) is 0 Å². The van der Waals surface area contributed by atoms with Crippen LogP contribution in [0.5, 0.6) is 11.5 Å². The Morgan fingerprint density at radius 2 is 1.93 bits per heavy atom. The summed E-state index contributed by atoms with van der Waals surface area (Å²) in [7, 11) is 0. The van der Waals surface area contributed by atoms with Gasteiger partial charge in [-0.2, -0.15) is 0 Å². The fourth-order valence-corrected chi connectivity index (χ4v) is 4.58. The van der Waals surface area contributed by atoms with Crippen LogP contribution < -0.4 is 14.4 Å². The summed E-state index contributed by atoms with van der Waals surface area (Å²) >= 11 is 0. The number of fused-ring (bicyclic) bond motifs is 1. The largest absolute Gasteiger partial charge is 0.454 e. The highest BCUT2D eigenvalue weighted by Crippen LogP contribution is 2.60. The molecule has 1 amide bonds. The standard InChI is InChI=1S/C22H30N2O3/c1-15(2)11-17-20(22(17,3)4)21(25)24-9-7-23(8-10-24)13-16-5-6-18-19(12-16)27-14-26-18/h5-6,11-12,17,20H,7-10,13-14H2,1-4H3/p+1/t17-,20-/m0/s1. The van der Waals surface area contributed by atoms with Crippen molar-refractivity contribution in [2.45, 2.75) is 34.2 Å². The lowest BCUT2D eigenvalue weighted by molar-refractivity contribution is -0.917. The average molecular weight is 372 g/mol. The van der Waals surface area contributed by atoms with Gasteiger partial charge in [-0.3, -0.25) is 4.79 Å². The lowest BCUT2D eigenvalue weighted by Crippen LogP contribution is -3.13. The summed E-state index contributed by atoms with van der Waals surface area (Å²) < 4.78 is 10.9. The monoisotopic (exact) mass is 371 g/mol. The number of carbonyl (C=O) groups excluding carboxylic acids is 1. The van der Waals surface area contributed by atoms with Gasteiger partial charge >= 0.3 is 0 Å². The molecule has 0 aromatic heterocycles. The van der Waals surface area contributed by atoms with Crippen LogP contribution in [0.25, 0.3) is 0 Å². The summed E-state index contributed by atoms with van der Waals surface area (Å²) in [6.45, 7) is 13.7. The molecule has 0 bridgehead atoms. The normalized spacial score (nSPS) is 26.0. The summed E-state index contributed by atoms with van der Waals surface area (Å²) in [5.41, 5.74) is 2.67. The van der Waals surface area contributed by atoms with Crippen LogP contribution >= 0.6 is 0 Å². The van der Waals surface area contributed by atoms with Crippen LogP contribution in [0.4, 0.5) is 0 Å². The molecule has 2 atom stereocenters. The van der Waals surface area contributed by atoms with E-state index in [-0.39, 0.29) is 11.3 Å². The van der Waals surface area contributed by atoms with E-state index in [1.807, 2.05) is 6.07 Å². The second kappa shape index (κ2) is 6.86. The number of benzene rings is 1. The van der Waals surface area contributed by atoms with Crippen molar-refractivity contribution in [1.82, 2.24) is 4.90 Å². The summed E-state index contributed by atoms with van der Waals surface area (Å²) in [4.78, 5) is 16.6. The lowest BCUT2D eigenvalue weighted by Gasteiger charge is -2.32. The molecule has 1 N–H and O–H groups in total. The maximum atomic E-state index is 13.0. The first kappa shape index (κ1) is 18.4. The van der Waals surface area contributed by atoms with Crippen LogP contribution in [-0.2, 0) is 11.3 Å². The van der Waals surface area contributed by atoms with Crippen molar-refractivity contribution < 1.29 is 19.2 Å². The fraction of sp³-hybridized carbons (Fsp3) is 0.591. The summed E-state index contributed by atoms with van der Waals surface area (Å²) in [6.07, 6.45) is 2.28. The molecule has 1 aromatic rings. The van der Waals surface area contributed by atoms with E-state index in [4.69, 9.17) is 9.47 Å². The zero-order valence-corrected chi connectivity index (χ0v) is 16.9. The number of piperazine rings is 1. The Morgan fingerprint density at radius 1 is 1.22 bits per heavy atom. The van der Waals surface area contributed by atoms with Gasteiger partial charge in [-0.25, -0.2) is 0 Å². The molecule has 0 unspecified atom stereocenters. The number of amides is 1. The molecular weight excluding hydrogens is 340 g/mol. The van der Waals surface area contributed by atoms with E-state index in [2.05, 4.69) is 50.8 Å². The first-order valence-electron chi connectivity index (χ1n) is 10.0. The van der Waals surface area contributed by atoms with Gasteiger partial charge in [0.2, 0.25) is 12.7 Å². The Labute approximate surface area is 161 Å². The van der Waals surface area contributed by atoms with Gasteiger partial charge in [0.15, 0.2) is 11.5 Å². The SMILES string of the molecule is CC(C)=C[C@H]1[C@@H](C(=O)N2CC[NH+](Cc3ccc4c(c3)OCO4)CC2)C1(C)C. The summed E-state index contributed by atoms with van der Waals surface area (Å²) in [5.74, 6) is 2.59. The number of quaternary nitrogens is 1. The Balaban J connectivity index is 1.31. The first-order valence-corrected chi connectivity index (χ1v) is 10.0. The number of rotatable bonds is 4. The minimum atomic E-state index is 0.102. The highest BCUT2D eigenvalue weighted by atomic mass is 16.7. The van der Waals surface area contributed by atoms with Crippen LogP contribution in [0.1, 0.15) is 33.3 Å². The second-order valence-corrected chi connectivity index (χ2v) is 9.01. The third-order valence-corrected chi connectivity index (χ3v) is 6.36. The average Bonchev–Trinajstić information content (AvgIpc) is 2.96. The second-order valence-electron chi connectivity index (χ2n) is 9.01. The van der Waals surface area contributed by atoms with Crippen molar-refractivity contribution in [3.63, 3.8) is 0 Å². The molecule has 2 heterocycles. The minimum Gasteiger partial charge on any atom is -0.454 e. The van der Waals surface area contributed by atoms with Gasteiger partial charge in [0.25, 0.3) is 0 Å². The van der Waals surface area contributed by atoms with Crippen LogP contribution in [0, 0.1) is 17.3 Å². The Hall–Kier alpha value is -2.01. The molecule has 5 heteroatoms. The van der Waals surface area contributed by atoms with Crippen molar-refractivity contribution in [2.24, 2.45) is 17.3 Å². The van der Waals surface area contributed by atoms with E-state index in [1.165, 1.54) is 16.0 Å². The topological polar surface area (TPSA) is 43.2 Å². The number of ether oxygens (including phenoxy) is 2. The molecule has 1 aliphatic carbocycles. The lowest BCUT2D eigenvalue weighted by atomic mass is 10.1. The van der Waals surface area contributed by atoms with Gasteiger partial charge in [0.1, 0.15) is 6.54 Å². The maximum Gasteiger partial charge on any atom is 0.231 e. The third-order valence-electron chi connectivity index (χ3n) is 6.36. The quantitative estimate of drug-likeness (QED) is 0.822. The van der Waals surface area contributed by atoms with Gasteiger partial charge in [-0.05, 0) is 43.4 Å². The number of carbonyl (C=O) groups is 1. The van der Waals surface area contributed by atoms with Gasteiger partial charge < -0.3 is 19.3 Å². The van der Waals surface area contributed by atoms with Crippen molar-refractivity contribution in [2.75, 3.05) is 33.0 Å². The van der Waals surface area contributed by atoms with Gasteiger partial charge in [0.05, 0.1) is 32.1 Å². The molecule has 2 aliphatic heterocycles. The van der Waals surface area contributed by atoms with Crippen molar-refractivity contribution in [1.29, 1.82) is 0 Å². The van der Waals surface area contributed by atoms with E-state index in [0.717, 1.165) is 44.2 Å². The number of nitrogens with one attached hydrogen (secondary N) is 1. The van der Waals surface area contributed by atoms with Crippen molar-refractivity contribution >= 4 is 5.91 Å². The van der Waals surface area contributed by atoms with Gasteiger partial charge in [-0.1, -0.05) is 25.5 Å². The molecule has 27 heavy (non-hydrogen) atoms. The number of nitrogens with zero attached hydrogens (tertiary/aromatic N) is 1. The van der Waals surface area contributed by atoms with Crippen LogP contribution in [0.2, 0.25) is 0 Å². The van der Waals surface area contributed by atoms with Gasteiger partial charge in [0, 0.05) is 5.56 Å². The number of allylic oxidation sites excluding steroid dienone is 2. The van der Waals surface area contributed by atoms with E-state index in [9.17, 15) is 4.79 Å². The molecule has 3 aliphatic rings. The molecule has 1 aromatic carbocycles. The minimum absolute atomic E-state index is 0.102. The van der Waals surface area contributed by atoms with Crippen molar-refractivity contribution in [3.8, 4) is 11.5 Å². The van der Waals surface area contributed by atoms with E-state index in [0.29, 0.717) is 18.6 Å². The third kappa shape index (κ3) is 3.57. The number of hydrogen-bond acceptors (Lipinski definition) is 3. The molecule has 5 nitrogen and oxygen atoms in total.